The van der Waals surface area contributed by atoms with Gasteiger partial charge in [0.2, 0.25) is 0 Å². The van der Waals surface area contributed by atoms with Gasteiger partial charge in [-0.25, -0.2) is 18.6 Å². The average molecular weight is 354 g/mol. The molecule has 1 N–H and O–H groups in total. The third-order valence-corrected chi connectivity index (χ3v) is 3.34. The molecule has 0 aliphatic heterocycles. The summed E-state index contributed by atoms with van der Waals surface area (Å²) >= 11 is 3.11. The third-order valence-electron chi connectivity index (χ3n) is 2.92. The van der Waals surface area contributed by atoms with Crippen molar-refractivity contribution < 1.29 is 23.1 Å². The maximum absolute atomic E-state index is 13.8. The molecule has 0 saturated heterocycles. The fourth-order valence-electron chi connectivity index (χ4n) is 2.02. The number of furan rings is 1. The first-order valence-corrected chi connectivity index (χ1v) is 6.54. The summed E-state index contributed by atoms with van der Waals surface area (Å²) < 4.78 is 33.4. The molecule has 0 aliphatic carbocycles. The molecule has 0 amide bonds. The maximum atomic E-state index is 13.8. The molecule has 0 bridgehead atoms. The normalized spacial score (nSPS) is 11.0. The Morgan fingerprint density at radius 2 is 1.90 bits per heavy atom. The molecular formula is C14H6BrF2NO3. The van der Waals surface area contributed by atoms with Gasteiger partial charge in [0.15, 0.2) is 10.4 Å². The number of carbonyl (C=O) groups is 1. The van der Waals surface area contributed by atoms with E-state index in [-0.39, 0.29) is 27.9 Å². The van der Waals surface area contributed by atoms with E-state index in [0.29, 0.717) is 4.67 Å². The SMILES string of the molecule is O=C(O)c1cc(-c2ccc(Br)o2)nc2c(F)ccc(F)c12. The van der Waals surface area contributed by atoms with Crippen LogP contribution in [0.3, 0.4) is 0 Å². The van der Waals surface area contributed by atoms with Gasteiger partial charge in [0.05, 0.1) is 10.9 Å². The van der Waals surface area contributed by atoms with Crippen molar-refractivity contribution in [3.05, 3.63) is 52.2 Å². The van der Waals surface area contributed by atoms with Crippen LogP contribution in [0.25, 0.3) is 22.4 Å². The summed E-state index contributed by atoms with van der Waals surface area (Å²) in [5.41, 5.74) is -0.618. The zero-order valence-corrected chi connectivity index (χ0v) is 11.8. The lowest BCUT2D eigenvalue weighted by Crippen LogP contribution is -2.03. The Bertz CT molecular complexity index is 876. The van der Waals surface area contributed by atoms with Crippen molar-refractivity contribution in [1.29, 1.82) is 0 Å². The van der Waals surface area contributed by atoms with Crippen LogP contribution in [0.4, 0.5) is 8.78 Å². The molecule has 0 fully saturated rings. The molecule has 3 aromatic rings. The van der Waals surface area contributed by atoms with Gasteiger partial charge in [-0.15, -0.1) is 0 Å². The van der Waals surface area contributed by atoms with Gasteiger partial charge in [0.1, 0.15) is 22.8 Å². The van der Waals surface area contributed by atoms with Gasteiger partial charge in [-0.05, 0) is 46.3 Å². The molecule has 0 aliphatic rings. The summed E-state index contributed by atoms with van der Waals surface area (Å²) in [6.45, 7) is 0. The molecule has 3 rings (SSSR count). The van der Waals surface area contributed by atoms with Crippen molar-refractivity contribution in [3.63, 3.8) is 0 Å². The Morgan fingerprint density at radius 3 is 2.52 bits per heavy atom. The molecule has 2 heterocycles. The largest absolute Gasteiger partial charge is 0.478 e. The summed E-state index contributed by atoms with van der Waals surface area (Å²) in [7, 11) is 0. The summed E-state index contributed by atoms with van der Waals surface area (Å²) in [4.78, 5) is 15.3. The molecule has 0 spiro atoms. The maximum Gasteiger partial charge on any atom is 0.336 e. The van der Waals surface area contributed by atoms with Crippen LogP contribution in [0.1, 0.15) is 10.4 Å². The number of nitrogens with zero attached hydrogens (tertiary/aromatic N) is 1. The monoisotopic (exact) mass is 353 g/mol. The van der Waals surface area contributed by atoms with Crippen molar-refractivity contribution in [2.45, 2.75) is 0 Å². The van der Waals surface area contributed by atoms with Crippen LogP contribution < -0.4 is 0 Å². The van der Waals surface area contributed by atoms with E-state index < -0.39 is 17.6 Å². The van der Waals surface area contributed by atoms with Crippen molar-refractivity contribution >= 4 is 32.8 Å². The molecule has 0 radical (unpaired) electrons. The van der Waals surface area contributed by atoms with Gasteiger partial charge in [0, 0.05) is 0 Å². The lowest BCUT2D eigenvalue weighted by Gasteiger charge is -2.07. The van der Waals surface area contributed by atoms with Crippen LogP contribution in [-0.4, -0.2) is 16.1 Å². The van der Waals surface area contributed by atoms with E-state index in [9.17, 15) is 18.7 Å². The topological polar surface area (TPSA) is 63.3 Å². The van der Waals surface area contributed by atoms with E-state index >= 15 is 0 Å². The van der Waals surface area contributed by atoms with E-state index in [4.69, 9.17) is 4.42 Å². The van der Waals surface area contributed by atoms with Crippen LogP contribution >= 0.6 is 15.9 Å². The van der Waals surface area contributed by atoms with Crippen LogP contribution in [0.2, 0.25) is 0 Å². The highest BCUT2D eigenvalue weighted by Gasteiger charge is 2.19. The molecular weight excluding hydrogens is 348 g/mol. The zero-order valence-electron chi connectivity index (χ0n) is 10.2. The minimum Gasteiger partial charge on any atom is -0.478 e. The summed E-state index contributed by atoms with van der Waals surface area (Å²) in [5.74, 6) is -2.78. The van der Waals surface area contributed by atoms with Gasteiger partial charge >= 0.3 is 5.97 Å². The number of carboxylic acids is 1. The Morgan fingerprint density at radius 1 is 1.19 bits per heavy atom. The molecule has 4 nitrogen and oxygen atoms in total. The Balaban J connectivity index is 2.40. The first kappa shape index (κ1) is 13.7. The molecule has 0 unspecified atom stereocenters. The average Bonchev–Trinajstić information content (AvgIpc) is 2.88. The number of benzene rings is 1. The second-order valence-corrected chi connectivity index (χ2v) is 5.00. The van der Waals surface area contributed by atoms with Crippen molar-refractivity contribution in [2.75, 3.05) is 0 Å². The standard InChI is InChI=1S/C14H6BrF2NO3/c15-11-4-3-10(21-11)9-5-6(14(19)20)12-7(16)1-2-8(17)13(12)18-9/h1-5H,(H,19,20). The Kier molecular flexibility index (Phi) is 3.21. The number of aromatic nitrogens is 1. The first-order valence-electron chi connectivity index (χ1n) is 5.75. The predicted molar refractivity (Wildman–Crippen MR) is 74.0 cm³/mol. The van der Waals surface area contributed by atoms with Gasteiger partial charge in [0.25, 0.3) is 0 Å². The van der Waals surface area contributed by atoms with Crippen molar-refractivity contribution in [2.24, 2.45) is 0 Å². The quantitative estimate of drug-likeness (QED) is 0.748. The van der Waals surface area contributed by atoms with Gasteiger partial charge < -0.3 is 9.52 Å². The number of fused-ring (bicyclic) bond motifs is 1. The summed E-state index contributed by atoms with van der Waals surface area (Å²) in [5, 5.41) is 8.85. The summed E-state index contributed by atoms with van der Waals surface area (Å²) in [6.07, 6.45) is 0. The Hall–Kier alpha value is -2.28. The zero-order chi connectivity index (χ0) is 15.1. The summed E-state index contributed by atoms with van der Waals surface area (Å²) in [6, 6.07) is 6.05. The molecule has 7 heteroatoms. The number of carboxylic acid groups (broad SMARTS) is 1. The Labute approximate surface area is 125 Å². The van der Waals surface area contributed by atoms with E-state index in [1.807, 2.05) is 0 Å². The fraction of sp³-hybridized carbons (Fsp3) is 0. The second kappa shape index (κ2) is 4.92. The van der Waals surface area contributed by atoms with E-state index in [1.54, 1.807) is 12.1 Å². The molecule has 2 aromatic heterocycles. The highest BCUT2D eigenvalue weighted by molar-refractivity contribution is 9.10. The fourth-order valence-corrected chi connectivity index (χ4v) is 2.32. The van der Waals surface area contributed by atoms with E-state index in [2.05, 4.69) is 20.9 Å². The third kappa shape index (κ3) is 2.29. The predicted octanol–water partition coefficient (Wildman–Crippen LogP) is 4.23. The van der Waals surface area contributed by atoms with Gasteiger partial charge in [-0.3, -0.25) is 0 Å². The molecule has 21 heavy (non-hydrogen) atoms. The van der Waals surface area contributed by atoms with Crippen LogP contribution in [0.5, 0.6) is 0 Å². The molecule has 1 aromatic carbocycles. The van der Waals surface area contributed by atoms with Gasteiger partial charge in [-0.1, -0.05) is 0 Å². The van der Waals surface area contributed by atoms with Crippen molar-refractivity contribution in [3.8, 4) is 11.5 Å². The van der Waals surface area contributed by atoms with Crippen LogP contribution in [-0.2, 0) is 0 Å². The molecule has 0 atom stereocenters. The molecule has 106 valence electrons. The lowest BCUT2D eigenvalue weighted by atomic mass is 10.1. The first-order chi connectivity index (χ1) is 9.97. The van der Waals surface area contributed by atoms with Crippen LogP contribution in [0, 0.1) is 11.6 Å². The minimum atomic E-state index is -1.38. The second-order valence-electron chi connectivity index (χ2n) is 4.22. The number of hydrogen-bond donors (Lipinski definition) is 1. The molecule has 0 saturated carbocycles. The number of rotatable bonds is 2. The van der Waals surface area contributed by atoms with Crippen molar-refractivity contribution in [1.82, 2.24) is 4.98 Å². The van der Waals surface area contributed by atoms with E-state index in [1.165, 1.54) is 0 Å². The van der Waals surface area contributed by atoms with E-state index in [0.717, 1.165) is 18.2 Å². The number of aromatic carboxylic acids is 1. The lowest BCUT2D eigenvalue weighted by molar-refractivity contribution is 0.0698. The minimum absolute atomic E-state index is 0.107. The number of hydrogen-bond acceptors (Lipinski definition) is 3. The smallest absolute Gasteiger partial charge is 0.336 e. The number of halogens is 3. The highest BCUT2D eigenvalue weighted by Crippen LogP contribution is 2.30. The highest BCUT2D eigenvalue weighted by atomic mass is 79.9. The van der Waals surface area contributed by atoms with Gasteiger partial charge in [-0.2, -0.15) is 0 Å². The number of pyridine rings is 1. The van der Waals surface area contributed by atoms with Crippen LogP contribution in [0.15, 0.2) is 39.4 Å².